The fourth-order valence-electron chi connectivity index (χ4n) is 3.66. The van der Waals surface area contributed by atoms with E-state index >= 15 is 0 Å². The lowest BCUT2D eigenvalue weighted by molar-refractivity contribution is 0.0446. The van der Waals surface area contributed by atoms with Gasteiger partial charge in [0.2, 0.25) is 0 Å². The van der Waals surface area contributed by atoms with Crippen molar-refractivity contribution in [3.05, 3.63) is 81.9 Å². The fraction of sp³-hybridized carbons (Fsp3) is 0.250. The lowest BCUT2D eigenvalue weighted by Gasteiger charge is -2.05. The maximum atomic E-state index is 12.4. The van der Waals surface area contributed by atoms with E-state index in [0.717, 1.165) is 33.9 Å². The zero-order chi connectivity index (χ0) is 25.4. The SMILES string of the molecule is Cc1cc(C)n2nc(C(=O)OCc3ccc(COC(=O)c4nc5nc(C)cc(C)n5n4)cc3)nc2n1. The van der Waals surface area contributed by atoms with Crippen LogP contribution >= 0.6 is 0 Å². The van der Waals surface area contributed by atoms with Gasteiger partial charge in [-0.25, -0.2) is 28.6 Å². The molecule has 0 bridgehead atoms. The maximum absolute atomic E-state index is 12.4. The van der Waals surface area contributed by atoms with Crippen LogP contribution in [0.1, 0.15) is 55.1 Å². The molecule has 0 radical (unpaired) electrons. The summed E-state index contributed by atoms with van der Waals surface area (Å²) in [5.41, 5.74) is 4.72. The standard InChI is InChI=1S/C24H22N8O4/c1-13-9-15(3)31-23(25-13)27-19(29-31)21(33)35-11-17-5-7-18(8-6-17)12-36-22(34)20-28-24-26-14(2)10-16(4)32(24)30-20/h5-10H,11-12H2,1-4H3. The molecule has 0 saturated carbocycles. The molecule has 12 nitrogen and oxygen atoms in total. The first-order valence-corrected chi connectivity index (χ1v) is 11.1. The molecule has 0 aliphatic heterocycles. The van der Waals surface area contributed by atoms with E-state index in [1.807, 2.05) is 39.8 Å². The lowest BCUT2D eigenvalue weighted by Crippen LogP contribution is -2.09. The van der Waals surface area contributed by atoms with E-state index in [2.05, 4.69) is 30.1 Å². The molecule has 0 unspecified atom stereocenters. The molecule has 0 N–H and O–H groups in total. The summed E-state index contributed by atoms with van der Waals surface area (Å²) in [6.07, 6.45) is 0. The van der Waals surface area contributed by atoms with Crippen LogP contribution in [-0.4, -0.2) is 51.1 Å². The van der Waals surface area contributed by atoms with Crippen molar-refractivity contribution in [2.24, 2.45) is 0 Å². The van der Waals surface area contributed by atoms with Gasteiger partial charge in [-0.05, 0) is 51.0 Å². The number of carbonyl (C=O) groups excluding carboxylic acids is 2. The molecule has 4 heterocycles. The van der Waals surface area contributed by atoms with Gasteiger partial charge in [0.25, 0.3) is 23.2 Å². The second-order valence-electron chi connectivity index (χ2n) is 8.34. The van der Waals surface area contributed by atoms with Gasteiger partial charge in [-0.1, -0.05) is 24.3 Å². The van der Waals surface area contributed by atoms with Crippen LogP contribution < -0.4 is 0 Å². The predicted octanol–water partition coefficient (Wildman–Crippen LogP) is 2.51. The minimum atomic E-state index is -0.643. The zero-order valence-electron chi connectivity index (χ0n) is 20.1. The number of esters is 2. The number of carbonyl (C=O) groups is 2. The van der Waals surface area contributed by atoms with Gasteiger partial charge in [0.15, 0.2) is 0 Å². The third-order valence-corrected chi connectivity index (χ3v) is 5.36. The first-order valence-electron chi connectivity index (χ1n) is 11.1. The summed E-state index contributed by atoms with van der Waals surface area (Å²) in [6.45, 7) is 7.49. The molecule has 0 atom stereocenters. The normalized spacial score (nSPS) is 11.2. The third-order valence-electron chi connectivity index (χ3n) is 5.36. The van der Waals surface area contributed by atoms with E-state index in [1.165, 1.54) is 9.03 Å². The molecular weight excluding hydrogens is 464 g/mol. The number of hydrogen-bond donors (Lipinski definition) is 0. The molecule has 0 fully saturated rings. The van der Waals surface area contributed by atoms with Crippen LogP contribution in [0.2, 0.25) is 0 Å². The maximum Gasteiger partial charge on any atom is 0.378 e. The highest BCUT2D eigenvalue weighted by atomic mass is 16.5. The average Bonchev–Trinajstić information content (AvgIpc) is 3.46. The molecule has 36 heavy (non-hydrogen) atoms. The Hall–Kier alpha value is -4.74. The van der Waals surface area contributed by atoms with Gasteiger partial charge in [0.1, 0.15) is 13.2 Å². The molecule has 182 valence electrons. The highest BCUT2D eigenvalue weighted by molar-refractivity contribution is 5.86. The van der Waals surface area contributed by atoms with Crippen LogP contribution in [0.5, 0.6) is 0 Å². The molecule has 5 rings (SSSR count). The number of rotatable bonds is 6. The monoisotopic (exact) mass is 486 g/mol. The van der Waals surface area contributed by atoms with Gasteiger partial charge in [-0.3, -0.25) is 0 Å². The van der Waals surface area contributed by atoms with Gasteiger partial charge in [-0.2, -0.15) is 9.97 Å². The van der Waals surface area contributed by atoms with Gasteiger partial charge < -0.3 is 9.47 Å². The Morgan fingerprint density at radius 3 is 1.44 bits per heavy atom. The van der Waals surface area contributed by atoms with Crippen LogP contribution in [-0.2, 0) is 22.7 Å². The zero-order valence-corrected chi connectivity index (χ0v) is 20.1. The van der Waals surface area contributed by atoms with Crippen molar-refractivity contribution in [1.82, 2.24) is 39.2 Å². The van der Waals surface area contributed by atoms with Crippen molar-refractivity contribution in [2.45, 2.75) is 40.9 Å². The number of aromatic nitrogens is 8. The second kappa shape index (κ2) is 9.13. The Kier molecular flexibility index (Phi) is 5.84. The molecule has 0 amide bonds. The van der Waals surface area contributed by atoms with Crippen molar-refractivity contribution in [3.63, 3.8) is 0 Å². The van der Waals surface area contributed by atoms with E-state index < -0.39 is 11.9 Å². The third kappa shape index (κ3) is 4.60. The van der Waals surface area contributed by atoms with Crippen LogP contribution in [0.3, 0.4) is 0 Å². The molecule has 12 heteroatoms. The predicted molar refractivity (Wildman–Crippen MR) is 125 cm³/mol. The highest BCUT2D eigenvalue weighted by Crippen LogP contribution is 2.11. The van der Waals surface area contributed by atoms with Gasteiger partial charge in [-0.15, -0.1) is 10.2 Å². The first-order chi connectivity index (χ1) is 17.3. The minimum absolute atomic E-state index is 0.0385. The first kappa shape index (κ1) is 23.0. The summed E-state index contributed by atoms with van der Waals surface area (Å²) in [7, 11) is 0. The molecule has 0 aliphatic rings. The molecule has 1 aromatic carbocycles. The summed E-state index contributed by atoms with van der Waals surface area (Å²) >= 11 is 0. The summed E-state index contributed by atoms with van der Waals surface area (Å²) in [5, 5.41) is 8.35. The van der Waals surface area contributed by atoms with Crippen LogP contribution in [0, 0.1) is 27.7 Å². The van der Waals surface area contributed by atoms with Crippen LogP contribution in [0.25, 0.3) is 11.6 Å². The Balaban J connectivity index is 1.17. The number of nitrogens with zero attached hydrogens (tertiary/aromatic N) is 8. The van der Waals surface area contributed by atoms with Crippen molar-refractivity contribution in [2.75, 3.05) is 0 Å². The fourth-order valence-corrected chi connectivity index (χ4v) is 3.66. The summed E-state index contributed by atoms with van der Waals surface area (Å²) in [4.78, 5) is 41.6. The van der Waals surface area contributed by atoms with Crippen molar-refractivity contribution < 1.29 is 19.1 Å². The molecule has 5 aromatic rings. The van der Waals surface area contributed by atoms with E-state index in [0.29, 0.717) is 11.6 Å². The van der Waals surface area contributed by atoms with Gasteiger partial charge >= 0.3 is 11.9 Å². The number of hydrogen-bond acceptors (Lipinski definition) is 10. The van der Waals surface area contributed by atoms with Gasteiger partial charge in [0.05, 0.1) is 0 Å². The van der Waals surface area contributed by atoms with Gasteiger partial charge in [0, 0.05) is 22.8 Å². The van der Waals surface area contributed by atoms with Crippen molar-refractivity contribution >= 4 is 23.5 Å². The quantitative estimate of drug-likeness (QED) is 0.329. The number of benzene rings is 1. The summed E-state index contributed by atoms with van der Waals surface area (Å²) in [6, 6.07) is 10.8. The average molecular weight is 486 g/mol. The largest absolute Gasteiger partial charge is 0.455 e. The van der Waals surface area contributed by atoms with E-state index in [-0.39, 0.29) is 24.9 Å². The van der Waals surface area contributed by atoms with Crippen LogP contribution in [0.4, 0.5) is 0 Å². The van der Waals surface area contributed by atoms with E-state index in [9.17, 15) is 9.59 Å². The van der Waals surface area contributed by atoms with Crippen LogP contribution in [0.15, 0.2) is 36.4 Å². The lowest BCUT2D eigenvalue weighted by atomic mass is 10.1. The van der Waals surface area contributed by atoms with E-state index in [4.69, 9.17) is 9.47 Å². The smallest absolute Gasteiger partial charge is 0.378 e. The van der Waals surface area contributed by atoms with Crippen molar-refractivity contribution in [1.29, 1.82) is 0 Å². The summed E-state index contributed by atoms with van der Waals surface area (Å²) < 4.78 is 13.7. The minimum Gasteiger partial charge on any atom is -0.455 e. The topological polar surface area (TPSA) is 139 Å². The summed E-state index contributed by atoms with van der Waals surface area (Å²) in [5.74, 6) is -0.704. The highest BCUT2D eigenvalue weighted by Gasteiger charge is 2.18. The Morgan fingerprint density at radius 2 is 1.06 bits per heavy atom. The molecule has 0 spiro atoms. The Morgan fingerprint density at radius 1 is 0.667 bits per heavy atom. The molecular formula is C24H22N8O4. The van der Waals surface area contributed by atoms with E-state index in [1.54, 1.807) is 24.3 Å². The molecule has 0 saturated heterocycles. The Labute approximate surface area is 205 Å². The number of fused-ring (bicyclic) bond motifs is 2. The molecule has 0 aliphatic carbocycles. The molecule has 4 aromatic heterocycles. The second-order valence-corrected chi connectivity index (χ2v) is 8.34. The number of aryl methyl sites for hydroxylation is 4. The number of ether oxygens (including phenoxy) is 2. The van der Waals surface area contributed by atoms with Crippen molar-refractivity contribution in [3.8, 4) is 0 Å². The Bertz CT molecular complexity index is 1500.